The number of carbonyl (C=O) groups is 1. The number of ketones is 1. The van der Waals surface area contributed by atoms with Crippen LogP contribution in [0.3, 0.4) is 0 Å². The van der Waals surface area contributed by atoms with Gasteiger partial charge in [0, 0.05) is 6.42 Å². The van der Waals surface area contributed by atoms with Crippen LogP contribution >= 0.6 is 11.6 Å². The minimum atomic E-state index is -0.467. The maximum Gasteiger partial charge on any atom is 0.157 e. The summed E-state index contributed by atoms with van der Waals surface area (Å²) in [5.41, 5.74) is -0.0705. The van der Waals surface area contributed by atoms with Gasteiger partial charge in [0.05, 0.1) is 10.6 Å². The number of hydrogen-bond donors (Lipinski definition) is 0. The first-order valence-corrected chi connectivity index (χ1v) is 7.88. The quantitative estimate of drug-likeness (QED) is 0.834. The first-order chi connectivity index (χ1) is 9.86. The van der Waals surface area contributed by atoms with Crippen molar-refractivity contribution in [3.05, 3.63) is 34.6 Å². The van der Waals surface area contributed by atoms with Gasteiger partial charge in [0.15, 0.2) is 5.78 Å². The molecule has 0 bridgehead atoms. The maximum atomic E-state index is 14.0. The smallest absolute Gasteiger partial charge is 0.157 e. The zero-order valence-electron chi connectivity index (χ0n) is 13.0. The molecule has 0 spiro atoms. The summed E-state index contributed by atoms with van der Waals surface area (Å²) in [4.78, 5) is 14.9. The van der Waals surface area contributed by atoms with Crippen molar-refractivity contribution in [2.24, 2.45) is 5.92 Å². The number of hydrogen-bond acceptors (Lipinski definition) is 2. The van der Waals surface area contributed by atoms with Gasteiger partial charge in [0.1, 0.15) is 5.82 Å². The standard InChI is InChI=1S/C17H23ClFNO/c1-12-6-5-9-17(11-12,20(2)3)15(21)10-13-7-4-8-14(18)16(13)19/h4,7-8,12H,5-6,9-11H2,1-3H3. The largest absolute Gasteiger partial charge is 0.297 e. The highest BCUT2D eigenvalue weighted by Gasteiger charge is 2.43. The average Bonchev–Trinajstić information content (AvgIpc) is 2.43. The Morgan fingerprint density at radius 3 is 2.81 bits per heavy atom. The molecule has 21 heavy (non-hydrogen) atoms. The molecule has 116 valence electrons. The van der Waals surface area contributed by atoms with Crippen LogP contribution in [-0.2, 0) is 11.2 Å². The number of rotatable bonds is 4. The van der Waals surface area contributed by atoms with Crippen molar-refractivity contribution in [1.82, 2.24) is 4.90 Å². The summed E-state index contributed by atoms with van der Waals surface area (Å²) in [6.45, 7) is 2.19. The Bertz CT molecular complexity index is 532. The number of carbonyl (C=O) groups excluding carboxylic acids is 1. The van der Waals surface area contributed by atoms with Gasteiger partial charge in [-0.1, -0.05) is 43.5 Å². The molecule has 1 aromatic rings. The van der Waals surface area contributed by atoms with E-state index in [1.54, 1.807) is 12.1 Å². The highest BCUT2D eigenvalue weighted by Crippen LogP contribution is 2.37. The zero-order chi connectivity index (χ0) is 15.6. The van der Waals surface area contributed by atoms with Crippen LogP contribution in [0.25, 0.3) is 0 Å². The molecule has 0 saturated heterocycles. The van der Waals surface area contributed by atoms with Crippen molar-refractivity contribution in [3.63, 3.8) is 0 Å². The molecule has 0 aliphatic heterocycles. The van der Waals surface area contributed by atoms with Gasteiger partial charge in [-0.15, -0.1) is 0 Å². The lowest BCUT2D eigenvalue weighted by Gasteiger charge is -2.44. The topological polar surface area (TPSA) is 20.3 Å². The lowest BCUT2D eigenvalue weighted by Crippen LogP contribution is -2.54. The monoisotopic (exact) mass is 311 g/mol. The van der Waals surface area contributed by atoms with E-state index in [9.17, 15) is 9.18 Å². The number of likely N-dealkylation sites (N-methyl/N-ethyl adjacent to an activating group) is 1. The van der Waals surface area contributed by atoms with Crippen molar-refractivity contribution in [1.29, 1.82) is 0 Å². The molecule has 4 heteroatoms. The second-order valence-corrected chi connectivity index (χ2v) is 6.85. The molecule has 2 nitrogen and oxygen atoms in total. The molecule has 1 aliphatic carbocycles. The third-order valence-corrected chi connectivity index (χ3v) is 5.02. The molecule has 2 unspecified atom stereocenters. The van der Waals surface area contributed by atoms with Crippen LogP contribution in [0.4, 0.5) is 4.39 Å². The third kappa shape index (κ3) is 3.29. The highest BCUT2D eigenvalue weighted by atomic mass is 35.5. The van der Waals surface area contributed by atoms with Crippen LogP contribution in [0.5, 0.6) is 0 Å². The van der Waals surface area contributed by atoms with Crippen LogP contribution in [0.15, 0.2) is 18.2 Å². The predicted octanol–water partition coefficient (Wildman–Crippen LogP) is 4.10. The van der Waals surface area contributed by atoms with Crippen molar-refractivity contribution >= 4 is 17.4 Å². The first kappa shape index (κ1) is 16.4. The predicted molar refractivity (Wildman–Crippen MR) is 84.2 cm³/mol. The molecule has 0 amide bonds. The van der Waals surface area contributed by atoms with Crippen LogP contribution in [-0.4, -0.2) is 30.3 Å². The number of benzene rings is 1. The summed E-state index contributed by atoms with van der Waals surface area (Å²) in [7, 11) is 3.90. The molecule has 1 aliphatic rings. The van der Waals surface area contributed by atoms with E-state index in [4.69, 9.17) is 11.6 Å². The van der Waals surface area contributed by atoms with Gasteiger partial charge in [-0.25, -0.2) is 4.39 Å². The molecule has 1 saturated carbocycles. The molecule has 0 heterocycles. The Balaban J connectivity index is 2.25. The fourth-order valence-corrected chi connectivity index (χ4v) is 3.65. The lowest BCUT2D eigenvalue weighted by molar-refractivity contribution is -0.132. The summed E-state index contributed by atoms with van der Waals surface area (Å²) in [5.74, 6) is 0.153. The van der Waals surface area contributed by atoms with E-state index in [0.29, 0.717) is 11.5 Å². The van der Waals surface area contributed by atoms with Crippen molar-refractivity contribution < 1.29 is 9.18 Å². The van der Waals surface area contributed by atoms with Crippen LogP contribution in [0, 0.1) is 11.7 Å². The van der Waals surface area contributed by atoms with Gasteiger partial charge < -0.3 is 0 Å². The Labute approximate surface area is 131 Å². The average molecular weight is 312 g/mol. The molecular formula is C17H23ClFNO. The minimum absolute atomic E-state index is 0.0798. The Morgan fingerprint density at radius 1 is 1.48 bits per heavy atom. The van der Waals surface area contributed by atoms with E-state index in [-0.39, 0.29) is 17.2 Å². The van der Waals surface area contributed by atoms with Gasteiger partial charge in [-0.2, -0.15) is 0 Å². The zero-order valence-corrected chi connectivity index (χ0v) is 13.7. The Hall–Kier alpha value is -0.930. The summed E-state index contributed by atoms with van der Waals surface area (Å²) in [5, 5.41) is 0.0798. The molecule has 1 fully saturated rings. The van der Waals surface area contributed by atoms with E-state index in [2.05, 4.69) is 6.92 Å². The molecule has 0 radical (unpaired) electrons. The van der Waals surface area contributed by atoms with Crippen molar-refractivity contribution in [3.8, 4) is 0 Å². The Kier molecular flexibility index (Phi) is 5.05. The minimum Gasteiger partial charge on any atom is -0.297 e. The molecule has 0 N–H and O–H groups in total. The normalized spacial score (nSPS) is 26.1. The number of nitrogens with zero attached hydrogens (tertiary/aromatic N) is 1. The molecular weight excluding hydrogens is 289 g/mol. The van der Waals surface area contributed by atoms with Gasteiger partial charge in [0.2, 0.25) is 0 Å². The molecule has 0 aromatic heterocycles. The van der Waals surface area contributed by atoms with Crippen molar-refractivity contribution in [2.45, 2.75) is 44.6 Å². The third-order valence-electron chi connectivity index (χ3n) is 4.73. The summed E-state index contributed by atoms with van der Waals surface area (Å²) in [6, 6.07) is 4.85. The fourth-order valence-electron chi connectivity index (χ4n) is 3.45. The summed E-state index contributed by atoms with van der Waals surface area (Å²) < 4.78 is 14.0. The number of Topliss-reactive ketones (excluding diaryl/α,β-unsaturated/α-hetero) is 1. The van der Waals surface area contributed by atoms with E-state index >= 15 is 0 Å². The second kappa shape index (κ2) is 6.45. The van der Waals surface area contributed by atoms with Gasteiger partial charge in [-0.05, 0) is 44.5 Å². The van der Waals surface area contributed by atoms with E-state index < -0.39 is 11.4 Å². The molecule has 2 rings (SSSR count). The van der Waals surface area contributed by atoms with Gasteiger partial charge in [-0.3, -0.25) is 9.69 Å². The second-order valence-electron chi connectivity index (χ2n) is 6.44. The van der Waals surface area contributed by atoms with E-state index in [1.807, 2.05) is 19.0 Å². The fraction of sp³-hybridized carbons (Fsp3) is 0.588. The number of halogens is 2. The van der Waals surface area contributed by atoms with Crippen molar-refractivity contribution in [2.75, 3.05) is 14.1 Å². The molecule has 1 aromatic carbocycles. The maximum absolute atomic E-state index is 14.0. The van der Waals surface area contributed by atoms with Gasteiger partial charge in [0.25, 0.3) is 0 Å². The van der Waals surface area contributed by atoms with Gasteiger partial charge >= 0.3 is 0 Å². The van der Waals surface area contributed by atoms with E-state index in [1.165, 1.54) is 6.07 Å². The lowest BCUT2D eigenvalue weighted by atomic mass is 9.72. The SMILES string of the molecule is CC1CCCC(C(=O)Cc2cccc(Cl)c2F)(N(C)C)C1. The van der Waals surface area contributed by atoms with Crippen LogP contribution in [0.2, 0.25) is 5.02 Å². The van der Waals surface area contributed by atoms with Crippen LogP contribution < -0.4 is 0 Å². The summed E-state index contributed by atoms with van der Waals surface area (Å²) >= 11 is 5.81. The summed E-state index contributed by atoms with van der Waals surface area (Å²) in [6.07, 6.45) is 4.02. The first-order valence-electron chi connectivity index (χ1n) is 7.50. The highest BCUT2D eigenvalue weighted by molar-refractivity contribution is 6.30. The Morgan fingerprint density at radius 2 is 2.19 bits per heavy atom. The molecule has 2 atom stereocenters. The van der Waals surface area contributed by atoms with Crippen LogP contribution in [0.1, 0.15) is 38.2 Å². The van der Waals surface area contributed by atoms with E-state index in [0.717, 1.165) is 25.7 Å².